The van der Waals surface area contributed by atoms with Crippen LogP contribution in [0.25, 0.3) is 22.6 Å². The minimum atomic E-state index is -0.367. The highest BCUT2D eigenvalue weighted by Gasteiger charge is 2.29. The van der Waals surface area contributed by atoms with Gasteiger partial charge in [0, 0.05) is 23.5 Å². The topological polar surface area (TPSA) is 119 Å². The van der Waals surface area contributed by atoms with Gasteiger partial charge in [-0.3, -0.25) is 9.78 Å². The summed E-state index contributed by atoms with van der Waals surface area (Å²) >= 11 is 0. The molecule has 0 spiro atoms. The van der Waals surface area contributed by atoms with Crippen molar-refractivity contribution in [2.45, 2.75) is 0 Å². The second-order valence-electron chi connectivity index (χ2n) is 5.52. The number of rotatable bonds is 2. The number of hydrogen-bond acceptors (Lipinski definition) is 8. The Morgan fingerprint density at radius 2 is 1.73 bits per heavy atom. The molecule has 0 aliphatic heterocycles. The number of nitrogens with one attached hydrogen (secondary N) is 1. The normalized spacial score (nSPS) is 13.6. The fraction of sp³-hybridized carbons (Fsp3) is 0. The van der Waals surface area contributed by atoms with Gasteiger partial charge < -0.3 is 0 Å². The molecule has 0 unspecified atom stereocenters. The lowest BCUT2D eigenvalue weighted by atomic mass is 10.1. The smallest absolute Gasteiger partial charge is 0.267 e. The maximum absolute atomic E-state index is 12.3. The number of benzene rings is 1. The number of nitrogens with zero attached hydrogens (tertiary/aromatic N) is 6. The molecule has 0 fully saturated rings. The van der Waals surface area contributed by atoms with E-state index >= 15 is 0 Å². The minimum Gasteiger partial charge on any atom is -0.267 e. The van der Waals surface area contributed by atoms with Gasteiger partial charge in [0.15, 0.2) is 0 Å². The van der Waals surface area contributed by atoms with Gasteiger partial charge in [0.25, 0.3) is 5.91 Å². The summed E-state index contributed by atoms with van der Waals surface area (Å²) in [6.07, 6.45) is 3.06. The van der Waals surface area contributed by atoms with E-state index in [9.17, 15) is 4.79 Å². The van der Waals surface area contributed by atoms with Crippen molar-refractivity contribution >= 4 is 22.9 Å². The third-order valence-electron chi connectivity index (χ3n) is 3.97. The highest BCUT2D eigenvalue weighted by atomic mass is 16.6. The van der Waals surface area contributed by atoms with Gasteiger partial charge >= 0.3 is 0 Å². The summed E-state index contributed by atoms with van der Waals surface area (Å²) in [5, 5.41) is 11.7. The zero-order valence-electron chi connectivity index (χ0n) is 13.1. The minimum absolute atomic E-state index is 0.280. The van der Waals surface area contributed by atoms with Crippen LogP contribution in [0.1, 0.15) is 21.6 Å². The van der Waals surface area contributed by atoms with E-state index in [0.29, 0.717) is 28.3 Å². The average molecular weight is 343 g/mol. The Hall–Kier alpha value is -4.01. The Morgan fingerprint density at radius 1 is 0.962 bits per heavy atom. The molecule has 3 heterocycles. The van der Waals surface area contributed by atoms with E-state index in [1.807, 2.05) is 24.3 Å². The van der Waals surface area contributed by atoms with E-state index in [-0.39, 0.29) is 11.6 Å². The molecule has 1 aliphatic carbocycles. The van der Waals surface area contributed by atoms with Crippen LogP contribution < -0.4 is 5.43 Å². The number of hydrogen-bond donors (Lipinski definition) is 1. The zero-order chi connectivity index (χ0) is 17.5. The Labute approximate surface area is 145 Å². The van der Waals surface area contributed by atoms with Crippen molar-refractivity contribution in [2.75, 3.05) is 0 Å². The van der Waals surface area contributed by atoms with Crippen LogP contribution in [0.4, 0.5) is 0 Å². The zero-order valence-corrected chi connectivity index (χ0v) is 13.1. The number of pyridine rings is 1. The molecule has 0 radical (unpaired) electrons. The lowest BCUT2D eigenvalue weighted by molar-refractivity contribution is 0.0954. The molecule has 0 atom stereocenters. The lowest BCUT2D eigenvalue weighted by Gasteiger charge is -2.02. The molecule has 0 saturated heterocycles. The molecule has 9 nitrogen and oxygen atoms in total. The largest absolute Gasteiger partial charge is 0.272 e. The number of amides is 1. The molecule has 1 amide bonds. The molecule has 0 saturated carbocycles. The Bertz CT molecular complexity index is 1180. The molecular weight excluding hydrogens is 334 g/mol. The van der Waals surface area contributed by atoms with Crippen LogP contribution >= 0.6 is 0 Å². The standard InChI is InChI=1S/C17H9N7O2/c25-17(9-4-3-7-18-8-9)22-21-13-11-6-2-1-5-10(11)12-14(13)20-16-15(19-12)23-26-24-16/h1-8H,(H,22,25)/b21-13-. The lowest BCUT2D eigenvalue weighted by Crippen LogP contribution is -2.20. The van der Waals surface area contributed by atoms with Crippen molar-refractivity contribution in [2.24, 2.45) is 5.10 Å². The van der Waals surface area contributed by atoms with Gasteiger partial charge in [-0.1, -0.05) is 24.3 Å². The van der Waals surface area contributed by atoms with E-state index in [1.165, 1.54) is 6.20 Å². The quantitative estimate of drug-likeness (QED) is 0.483. The predicted octanol–water partition coefficient (Wildman–Crippen LogP) is 1.57. The van der Waals surface area contributed by atoms with Gasteiger partial charge in [0.05, 0.1) is 5.56 Å². The number of carbonyl (C=O) groups is 1. The van der Waals surface area contributed by atoms with Crippen LogP contribution in [0.15, 0.2) is 58.5 Å². The molecule has 1 N–H and O–H groups in total. The summed E-state index contributed by atoms with van der Waals surface area (Å²) < 4.78 is 4.68. The SMILES string of the molecule is O=C(N/N=C1/c2ccccc2-c2nc3nonc3nc21)c1cccnc1. The molecule has 1 aromatic carbocycles. The molecule has 4 aromatic rings. The number of aromatic nitrogens is 5. The number of hydrazone groups is 1. The van der Waals surface area contributed by atoms with Gasteiger partial charge in [-0.15, -0.1) is 0 Å². The van der Waals surface area contributed by atoms with Crippen LogP contribution in [-0.4, -0.2) is 36.9 Å². The highest BCUT2D eigenvalue weighted by Crippen LogP contribution is 2.34. The summed E-state index contributed by atoms with van der Waals surface area (Å²) in [6.45, 7) is 0. The van der Waals surface area contributed by atoms with Gasteiger partial charge in [0.2, 0.25) is 11.3 Å². The first-order valence-electron chi connectivity index (χ1n) is 7.70. The van der Waals surface area contributed by atoms with Crippen LogP contribution in [0.3, 0.4) is 0 Å². The molecule has 124 valence electrons. The summed E-state index contributed by atoms with van der Waals surface area (Å²) in [5.41, 5.74) is 6.87. The van der Waals surface area contributed by atoms with E-state index in [2.05, 4.69) is 40.4 Å². The number of fused-ring (bicyclic) bond motifs is 4. The van der Waals surface area contributed by atoms with Crippen molar-refractivity contribution in [1.82, 2.24) is 30.7 Å². The maximum atomic E-state index is 12.3. The highest BCUT2D eigenvalue weighted by molar-refractivity contribution is 6.23. The van der Waals surface area contributed by atoms with Crippen LogP contribution in [0.2, 0.25) is 0 Å². The van der Waals surface area contributed by atoms with E-state index in [1.54, 1.807) is 18.3 Å². The second-order valence-corrected chi connectivity index (χ2v) is 5.52. The molecule has 5 rings (SSSR count). The molecule has 1 aliphatic rings. The van der Waals surface area contributed by atoms with Gasteiger partial charge in [0.1, 0.15) is 17.1 Å². The Balaban J connectivity index is 1.61. The van der Waals surface area contributed by atoms with E-state index < -0.39 is 0 Å². The van der Waals surface area contributed by atoms with Crippen molar-refractivity contribution < 1.29 is 9.42 Å². The van der Waals surface area contributed by atoms with Gasteiger partial charge in [-0.2, -0.15) is 5.10 Å². The third kappa shape index (κ3) is 2.14. The molecule has 0 bridgehead atoms. The van der Waals surface area contributed by atoms with Gasteiger partial charge in [-0.25, -0.2) is 20.0 Å². The first kappa shape index (κ1) is 14.3. The van der Waals surface area contributed by atoms with Crippen LogP contribution in [-0.2, 0) is 0 Å². The first-order chi connectivity index (χ1) is 12.8. The summed E-state index contributed by atoms with van der Waals surface area (Å²) in [7, 11) is 0. The predicted molar refractivity (Wildman–Crippen MR) is 90.2 cm³/mol. The monoisotopic (exact) mass is 343 g/mol. The van der Waals surface area contributed by atoms with Crippen molar-refractivity contribution in [3.05, 3.63) is 65.6 Å². The van der Waals surface area contributed by atoms with Crippen molar-refractivity contribution in [3.8, 4) is 11.3 Å². The Morgan fingerprint density at radius 3 is 2.50 bits per heavy atom. The first-order valence-corrected chi connectivity index (χ1v) is 7.70. The maximum Gasteiger partial charge on any atom is 0.272 e. The molecular formula is C17H9N7O2. The summed E-state index contributed by atoms with van der Waals surface area (Å²) in [4.78, 5) is 25.1. The van der Waals surface area contributed by atoms with Crippen LogP contribution in [0, 0.1) is 0 Å². The fourth-order valence-electron chi connectivity index (χ4n) is 2.80. The average Bonchev–Trinajstić information content (AvgIpc) is 3.27. The van der Waals surface area contributed by atoms with E-state index in [4.69, 9.17) is 0 Å². The van der Waals surface area contributed by atoms with E-state index in [0.717, 1.165) is 11.1 Å². The number of carbonyl (C=O) groups excluding carboxylic acids is 1. The molecule has 9 heteroatoms. The summed E-state index contributed by atoms with van der Waals surface area (Å²) in [5.74, 6) is -0.367. The Kier molecular flexibility index (Phi) is 3.04. The third-order valence-corrected chi connectivity index (χ3v) is 3.97. The molecule has 3 aromatic heterocycles. The molecule has 26 heavy (non-hydrogen) atoms. The van der Waals surface area contributed by atoms with Crippen molar-refractivity contribution in [3.63, 3.8) is 0 Å². The fourth-order valence-corrected chi connectivity index (χ4v) is 2.80. The van der Waals surface area contributed by atoms with Crippen molar-refractivity contribution in [1.29, 1.82) is 0 Å². The summed E-state index contributed by atoms with van der Waals surface area (Å²) in [6, 6.07) is 10.9. The van der Waals surface area contributed by atoms with Crippen LogP contribution in [0.5, 0.6) is 0 Å². The second kappa shape index (κ2) is 5.52. The van der Waals surface area contributed by atoms with Gasteiger partial charge in [-0.05, 0) is 22.4 Å².